The zero-order chi connectivity index (χ0) is 10.9. The molecule has 0 unspecified atom stereocenters. The first-order chi connectivity index (χ1) is 7.38. The number of rotatable bonds is 3. The number of hydrogen-bond acceptors (Lipinski definition) is 4. The summed E-state index contributed by atoms with van der Waals surface area (Å²) in [5.74, 6) is 0.730. The molecule has 0 amide bonds. The van der Waals surface area contributed by atoms with Crippen molar-refractivity contribution in [3.8, 4) is 11.5 Å². The molecule has 0 atom stereocenters. The Bertz CT molecular complexity index is 338. The van der Waals surface area contributed by atoms with Crippen molar-refractivity contribution in [2.24, 2.45) is 0 Å². The van der Waals surface area contributed by atoms with E-state index in [2.05, 4.69) is 16.3 Å². The summed E-state index contributed by atoms with van der Waals surface area (Å²) in [6.07, 6.45) is 5.96. The summed E-state index contributed by atoms with van der Waals surface area (Å²) in [4.78, 5) is 9.33. The maximum Gasteiger partial charge on any atom is 0.155 e. The zero-order valence-corrected chi connectivity index (χ0v) is 8.13. The first-order valence-electron chi connectivity index (χ1n) is 4.37. The minimum absolute atomic E-state index is 0.472. The molecule has 2 rings (SSSR count). The van der Waals surface area contributed by atoms with Crippen LogP contribution >= 0.6 is 0 Å². The van der Waals surface area contributed by atoms with Gasteiger partial charge in [0.05, 0.1) is 6.26 Å². The predicted molar refractivity (Wildman–Crippen MR) is 55.1 cm³/mol. The summed E-state index contributed by atoms with van der Waals surface area (Å²) in [5, 5.41) is 3.69. The Morgan fingerprint density at radius 2 is 2.27 bits per heavy atom. The van der Waals surface area contributed by atoms with Crippen molar-refractivity contribution in [3.05, 3.63) is 43.4 Å². The van der Waals surface area contributed by atoms with Gasteiger partial charge in [0.25, 0.3) is 0 Å². The molecule has 0 bridgehead atoms. The highest BCUT2D eigenvalue weighted by Gasteiger charge is 2.01. The molecule has 0 saturated heterocycles. The second-order valence-corrected chi connectivity index (χ2v) is 2.55. The van der Waals surface area contributed by atoms with Gasteiger partial charge in [0.1, 0.15) is 18.2 Å². The van der Waals surface area contributed by atoms with Gasteiger partial charge in [-0.25, -0.2) is 0 Å². The van der Waals surface area contributed by atoms with Crippen LogP contribution in [0.2, 0.25) is 0 Å². The molecule has 2 aromatic rings. The third-order valence-corrected chi connectivity index (χ3v) is 1.47. The van der Waals surface area contributed by atoms with E-state index in [0.29, 0.717) is 6.42 Å². The van der Waals surface area contributed by atoms with Crippen LogP contribution in [0.25, 0.3) is 11.5 Å². The average molecular weight is 205 g/mol. The van der Waals surface area contributed by atoms with E-state index in [0.717, 1.165) is 17.7 Å². The van der Waals surface area contributed by atoms with Gasteiger partial charge in [-0.05, 0) is 12.1 Å². The Morgan fingerprint density at radius 1 is 1.40 bits per heavy atom. The third-order valence-electron chi connectivity index (χ3n) is 1.47. The van der Waals surface area contributed by atoms with Crippen molar-refractivity contribution in [2.45, 2.75) is 6.42 Å². The van der Waals surface area contributed by atoms with Crippen molar-refractivity contribution in [1.29, 1.82) is 0 Å². The first kappa shape index (κ1) is 11.0. The van der Waals surface area contributed by atoms with E-state index in [1.165, 1.54) is 6.26 Å². The minimum Gasteiger partial charge on any atom is -0.463 e. The molecule has 0 radical (unpaired) electrons. The summed E-state index contributed by atoms with van der Waals surface area (Å²) in [5.41, 5.74) is 0.727. The summed E-state index contributed by atoms with van der Waals surface area (Å²) >= 11 is 0. The topological polar surface area (TPSA) is 56.2 Å². The molecular formula is C11H11NO3. The highest BCUT2D eigenvalue weighted by Crippen LogP contribution is 2.15. The lowest BCUT2D eigenvalue weighted by molar-refractivity contribution is -0.107. The smallest absolute Gasteiger partial charge is 0.155 e. The third kappa shape index (κ3) is 3.64. The fourth-order valence-electron chi connectivity index (χ4n) is 0.832. The van der Waals surface area contributed by atoms with E-state index in [4.69, 9.17) is 4.42 Å². The number of furan rings is 1. The Labute approximate surface area is 87.2 Å². The van der Waals surface area contributed by atoms with Crippen LogP contribution in [0.15, 0.2) is 52.3 Å². The standard InChI is InChI=1S/C7H5NO2.C4H6O/c1-2-7(9-4-1)6-3-5-10-8-6;1-2-3-4-5/h1-5H;2,4H,1,3H2. The normalized spacial score (nSPS) is 8.80. The number of carbonyl (C=O) groups is 1. The molecule has 0 aliphatic heterocycles. The van der Waals surface area contributed by atoms with Crippen LogP contribution in [0.1, 0.15) is 6.42 Å². The molecule has 4 heteroatoms. The molecular weight excluding hydrogens is 194 g/mol. The Balaban J connectivity index is 0.000000195. The maximum atomic E-state index is 9.33. The maximum absolute atomic E-state index is 9.33. The van der Waals surface area contributed by atoms with E-state index in [1.54, 1.807) is 18.4 Å². The van der Waals surface area contributed by atoms with Gasteiger partial charge in [0.2, 0.25) is 0 Å². The summed E-state index contributed by atoms with van der Waals surface area (Å²) in [7, 11) is 0. The average Bonchev–Trinajstić information content (AvgIpc) is 2.93. The molecule has 0 saturated carbocycles. The number of aldehydes is 1. The summed E-state index contributed by atoms with van der Waals surface area (Å²) < 4.78 is 9.68. The fourth-order valence-corrected chi connectivity index (χ4v) is 0.832. The SMILES string of the molecule is C=CCC=O.c1coc(-c2ccon2)c1. The second-order valence-electron chi connectivity index (χ2n) is 2.55. The Morgan fingerprint density at radius 3 is 2.67 bits per heavy atom. The number of nitrogens with zero attached hydrogens (tertiary/aromatic N) is 1. The molecule has 0 spiro atoms. The second kappa shape index (κ2) is 6.37. The van der Waals surface area contributed by atoms with Gasteiger partial charge in [-0.1, -0.05) is 11.2 Å². The lowest BCUT2D eigenvalue weighted by atomic mass is 10.3. The molecule has 78 valence electrons. The van der Waals surface area contributed by atoms with Crippen molar-refractivity contribution < 1.29 is 13.7 Å². The van der Waals surface area contributed by atoms with Gasteiger partial charge >= 0.3 is 0 Å². The van der Waals surface area contributed by atoms with Gasteiger partial charge in [-0.15, -0.1) is 6.58 Å². The molecule has 4 nitrogen and oxygen atoms in total. The Kier molecular flexibility index (Phi) is 4.66. The largest absolute Gasteiger partial charge is 0.463 e. The lowest BCUT2D eigenvalue weighted by Crippen LogP contribution is -1.68. The number of aromatic nitrogens is 1. The monoisotopic (exact) mass is 205 g/mol. The molecule has 0 aromatic carbocycles. The molecule has 0 aliphatic carbocycles. The summed E-state index contributed by atoms with van der Waals surface area (Å²) in [6.45, 7) is 3.32. The van der Waals surface area contributed by atoms with Crippen LogP contribution in [0.5, 0.6) is 0 Å². The highest BCUT2D eigenvalue weighted by molar-refractivity contribution is 5.51. The van der Waals surface area contributed by atoms with Crippen molar-refractivity contribution in [3.63, 3.8) is 0 Å². The van der Waals surface area contributed by atoms with E-state index in [1.807, 2.05) is 12.1 Å². The van der Waals surface area contributed by atoms with Crippen LogP contribution in [0.4, 0.5) is 0 Å². The fraction of sp³-hybridized carbons (Fsp3) is 0.0909. The van der Waals surface area contributed by atoms with Crippen LogP contribution in [-0.4, -0.2) is 11.4 Å². The number of allylic oxidation sites excluding steroid dienone is 1. The van der Waals surface area contributed by atoms with Crippen molar-refractivity contribution in [1.82, 2.24) is 5.16 Å². The molecule has 15 heavy (non-hydrogen) atoms. The molecule has 0 N–H and O–H groups in total. The highest BCUT2D eigenvalue weighted by atomic mass is 16.5. The van der Waals surface area contributed by atoms with E-state index in [-0.39, 0.29) is 0 Å². The van der Waals surface area contributed by atoms with Gasteiger partial charge in [-0.2, -0.15) is 0 Å². The minimum atomic E-state index is 0.472. The van der Waals surface area contributed by atoms with Crippen LogP contribution in [0, 0.1) is 0 Å². The Hall–Kier alpha value is -2.10. The lowest BCUT2D eigenvalue weighted by Gasteiger charge is -1.82. The van der Waals surface area contributed by atoms with E-state index in [9.17, 15) is 4.79 Å². The van der Waals surface area contributed by atoms with E-state index < -0.39 is 0 Å². The van der Waals surface area contributed by atoms with Crippen LogP contribution in [0.3, 0.4) is 0 Å². The summed E-state index contributed by atoms with van der Waals surface area (Å²) in [6, 6.07) is 5.39. The number of hydrogen-bond donors (Lipinski definition) is 0. The molecule has 0 fully saturated rings. The quantitative estimate of drug-likeness (QED) is 0.571. The van der Waals surface area contributed by atoms with Gasteiger partial charge in [-0.3, -0.25) is 0 Å². The van der Waals surface area contributed by atoms with Gasteiger partial charge in [0.15, 0.2) is 5.76 Å². The van der Waals surface area contributed by atoms with Crippen LogP contribution < -0.4 is 0 Å². The van der Waals surface area contributed by atoms with Gasteiger partial charge < -0.3 is 13.7 Å². The zero-order valence-electron chi connectivity index (χ0n) is 8.13. The number of carbonyl (C=O) groups excluding carboxylic acids is 1. The van der Waals surface area contributed by atoms with E-state index >= 15 is 0 Å². The van der Waals surface area contributed by atoms with Crippen molar-refractivity contribution >= 4 is 6.29 Å². The van der Waals surface area contributed by atoms with Gasteiger partial charge in [0, 0.05) is 12.5 Å². The first-order valence-corrected chi connectivity index (χ1v) is 4.37. The molecule has 0 aliphatic rings. The van der Waals surface area contributed by atoms with Crippen molar-refractivity contribution in [2.75, 3.05) is 0 Å². The molecule has 2 aromatic heterocycles. The van der Waals surface area contributed by atoms with Crippen LogP contribution in [-0.2, 0) is 4.79 Å². The molecule has 2 heterocycles. The predicted octanol–water partition coefficient (Wildman–Crippen LogP) is 2.70.